The molecule has 1 aliphatic heterocycles. The topological polar surface area (TPSA) is 105 Å². The number of methoxy groups -OCH3 is 2. The first-order chi connectivity index (χ1) is 18.4. The molecular weight excluding hydrogens is 508 g/mol. The summed E-state index contributed by atoms with van der Waals surface area (Å²) in [6, 6.07) is 13.8. The second kappa shape index (κ2) is 11.9. The molecule has 1 atom stereocenters. The van der Waals surface area contributed by atoms with Crippen LogP contribution in [0, 0.1) is 0 Å². The van der Waals surface area contributed by atoms with Crippen molar-refractivity contribution in [3.8, 4) is 11.5 Å². The Balaban J connectivity index is 1.80. The predicted molar refractivity (Wildman–Crippen MR) is 142 cm³/mol. The number of nitrogens with zero attached hydrogens (tertiary/aromatic N) is 2. The van der Waals surface area contributed by atoms with Crippen LogP contribution in [0.15, 0.2) is 69.6 Å². The maximum atomic E-state index is 13.7. The van der Waals surface area contributed by atoms with Crippen LogP contribution >= 0.6 is 11.3 Å². The summed E-state index contributed by atoms with van der Waals surface area (Å²) >= 11 is 1.24. The number of benzene rings is 2. The highest BCUT2D eigenvalue weighted by atomic mass is 32.1. The Labute approximate surface area is 223 Å². The van der Waals surface area contributed by atoms with Crippen LogP contribution in [0.3, 0.4) is 0 Å². The number of aromatic nitrogens is 1. The summed E-state index contributed by atoms with van der Waals surface area (Å²) in [5.41, 5.74) is 2.13. The van der Waals surface area contributed by atoms with Crippen LogP contribution in [0.25, 0.3) is 6.08 Å². The molecule has 1 aromatic heterocycles. The number of carbonyl (C=O) groups excluding carboxylic acids is 2. The van der Waals surface area contributed by atoms with Gasteiger partial charge in [-0.1, -0.05) is 54.7 Å². The summed E-state index contributed by atoms with van der Waals surface area (Å²) < 4.78 is 22.9. The largest absolute Gasteiger partial charge is 0.493 e. The number of thiazole rings is 1. The fourth-order valence-corrected chi connectivity index (χ4v) is 5.22. The van der Waals surface area contributed by atoms with Gasteiger partial charge in [0.25, 0.3) is 5.56 Å². The second-order valence-electron chi connectivity index (χ2n) is 8.20. The van der Waals surface area contributed by atoms with Gasteiger partial charge in [0, 0.05) is 0 Å². The molecule has 1 aliphatic rings. The van der Waals surface area contributed by atoms with Crippen LogP contribution in [0.2, 0.25) is 0 Å². The van der Waals surface area contributed by atoms with Gasteiger partial charge in [0.05, 0.1) is 42.7 Å². The molecule has 0 saturated carbocycles. The number of rotatable bonds is 9. The number of ether oxygens (including phenoxy) is 4. The zero-order chi connectivity index (χ0) is 27.2. The van der Waals surface area contributed by atoms with Gasteiger partial charge in [-0.15, -0.1) is 0 Å². The van der Waals surface area contributed by atoms with E-state index in [0.717, 1.165) is 5.56 Å². The number of hydrogen-bond donors (Lipinski definition) is 0. The Morgan fingerprint density at radius 2 is 1.84 bits per heavy atom. The van der Waals surface area contributed by atoms with Crippen molar-refractivity contribution in [3.63, 3.8) is 0 Å². The fraction of sp³-hybridized carbons (Fsp3) is 0.286. The number of esters is 2. The average molecular weight is 537 g/mol. The minimum absolute atomic E-state index is 0.246. The molecule has 0 radical (unpaired) electrons. The summed E-state index contributed by atoms with van der Waals surface area (Å²) in [7, 11) is 2.81. The predicted octanol–water partition coefficient (Wildman–Crippen LogP) is 2.75. The Morgan fingerprint density at radius 3 is 2.50 bits per heavy atom. The first-order valence-electron chi connectivity index (χ1n) is 12.1. The van der Waals surface area contributed by atoms with Crippen LogP contribution in [0.5, 0.6) is 11.5 Å². The van der Waals surface area contributed by atoms with Crippen LogP contribution in [0.4, 0.5) is 0 Å². The minimum atomic E-state index is -0.662. The standard InChI is InChI=1S/C28H28N2O7S/c1-5-19-24(27(33)35-4)25(18-10-8-7-9-11-18)30-26(32)22(38-28(30)29-19)15-17-12-13-20(21(14-17)34-3)37-16-23(31)36-6-2/h7-15,25H,5-6,16H2,1-4H3/b22-15-/t25-/m0/s1. The van der Waals surface area contributed by atoms with Gasteiger partial charge in [-0.05, 0) is 42.7 Å². The highest BCUT2D eigenvalue weighted by Gasteiger charge is 2.33. The zero-order valence-electron chi connectivity index (χ0n) is 21.6. The number of carbonyl (C=O) groups is 2. The van der Waals surface area contributed by atoms with Crippen molar-refractivity contribution in [1.29, 1.82) is 0 Å². The molecule has 0 spiro atoms. The van der Waals surface area contributed by atoms with Gasteiger partial charge in [-0.3, -0.25) is 9.36 Å². The Kier molecular flexibility index (Phi) is 8.42. The van der Waals surface area contributed by atoms with E-state index in [1.807, 2.05) is 37.3 Å². The number of allylic oxidation sites excluding steroid dienone is 1. The lowest BCUT2D eigenvalue weighted by atomic mass is 9.95. The molecule has 0 N–H and O–H groups in total. The molecule has 0 fully saturated rings. The third-order valence-corrected chi connectivity index (χ3v) is 6.88. The van der Waals surface area contributed by atoms with Crippen molar-refractivity contribution in [2.45, 2.75) is 26.3 Å². The molecule has 4 rings (SSSR count). The van der Waals surface area contributed by atoms with Crippen LogP contribution in [0.1, 0.15) is 37.4 Å². The SMILES string of the molecule is CCOC(=O)COc1ccc(/C=c2\sc3n(c2=O)[C@@H](c2ccccc2)C(C(=O)OC)=C(CC)N=3)cc1OC. The third-order valence-electron chi connectivity index (χ3n) is 5.90. The van der Waals surface area contributed by atoms with Crippen LogP contribution < -0.4 is 24.4 Å². The third kappa shape index (κ3) is 5.40. The molecule has 0 saturated heterocycles. The lowest BCUT2D eigenvalue weighted by molar-refractivity contribution is -0.145. The lowest BCUT2D eigenvalue weighted by Gasteiger charge is -2.25. The highest BCUT2D eigenvalue weighted by Crippen LogP contribution is 2.32. The van der Waals surface area contributed by atoms with E-state index in [2.05, 4.69) is 4.99 Å². The quantitative estimate of drug-likeness (QED) is 0.387. The van der Waals surface area contributed by atoms with E-state index in [1.54, 1.807) is 35.8 Å². The first-order valence-corrected chi connectivity index (χ1v) is 12.9. The highest BCUT2D eigenvalue weighted by molar-refractivity contribution is 7.07. The molecule has 0 unspecified atom stereocenters. The number of hydrogen-bond acceptors (Lipinski definition) is 9. The van der Waals surface area contributed by atoms with Gasteiger partial charge >= 0.3 is 11.9 Å². The van der Waals surface area contributed by atoms with Crippen LogP contribution in [-0.2, 0) is 19.1 Å². The van der Waals surface area contributed by atoms with E-state index in [9.17, 15) is 14.4 Å². The van der Waals surface area contributed by atoms with E-state index in [4.69, 9.17) is 18.9 Å². The maximum Gasteiger partial charge on any atom is 0.344 e. The molecule has 38 heavy (non-hydrogen) atoms. The van der Waals surface area contributed by atoms with Crippen molar-refractivity contribution in [3.05, 3.63) is 90.6 Å². The van der Waals surface area contributed by atoms with Crippen molar-refractivity contribution in [1.82, 2.24) is 4.57 Å². The molecule has 0 aliphatic carbocycles. The van der Waals surface area contributed by atoms with Gasteiger partial charge in [-0.2, -0.15) is 0 Å². The van der Waals surface area contributed by atoms with E-state index in [-0.39, 0.29) is 18.8 Å². The van der Waals surface area contributed by atoms with E-state index in [0.29, 0.717) is 44.1 Å². The molecule has 2 heterocycles. The van der Waals surface area contributed by atoms with Gasteiger partial charge in [-0.25, -0.2) is 14.6 Å². The smallest absolute Gasteiger partial charge is 0.344 e. The molecule has 9 nitrogen and oxygen atoms in total. The molecular formula is C28H28N2O7S. The lowest BCUT2D eigenvalue weighted by Crippen LogP contribution is -2.40. The minimum Gasteiger partial charge on any atom is -0.493 e. The van der Waals surface area contributed by atoms with E-state index in [1.165, 1.54) is 25.6 Å². The van der Waals surface area contributed by atoms with Crippen molar-refractivity contribution < 1.29 is 28.5 Å². The summed E-state index contributed by atoms with van der Waals surface area (Å²) in [5.74, 6) is -0.222. The summed E-state index contributed by atoms with van der Waals surface area (Å²) in [6.07, 6.45) is 2.24. The molecule has 10 heteroatoms. The Hall–Kier alpha value is -4.18. The van der Waals surface area contributed by atoms with Gasteiger partial charge in [0.15, 0.2) is 22.9 Å². The molecule has 3 aromatic rings. The first kappa shape index (κ1) is 26.9. The van der Waals surface area contributed by atoms with Crippen molar-refractivity contribution in [2.75, 3.05) is 27.4 Å². The molecule has 198 valence electrons. The Morgan fingerprint density at radius 1 is 1.08 bits per heavy atom. The molecule has 0 amide bonds. The maximum absolute atomic E-state index is 13.7. The average Bonchev–Trinajstić information content (AvgIpc) is 3.25. The molecule has 0 bridgehead atoms. The zero-order valence-corrected chi connectivity index (χ0v) is 22.4. The van der Waals surface area contributed by atoms with Crippen molar-refractivity contribution in [2.24, 2.45) is 4.99 Å². The normalized spacial score (nSPS) is 14.9. The summed E-state index contributed by atoms with van der Waals surface area (Å²) in [6.45, 7) is 3.65. The monoisotopic (exact) mass is 536 g/mol. The van der Waals surface area contributed by atoms with Crippen molar-refractivity contribution >= 4 is 29.4 Å². The summed E-state index contributed by atoms with van der Waals surface area (Å²) in [4.78, 5) is 43.4. The number of fused-ring (bicyclic) bond motifs is 1. The second-order valence-corrected chi connectivity index (χ2v) is 9.21. The van der Waals surface area contributed by atoms with E-state index < -0.39 is 18.0 Å². The van der Waals surface area contributed by atoms with E-state index >= 15 is 0 Å². The Bertz CT molecular complexity index is 1550. The summed E-state index contributed by atoms with van der Waals surface area (Å²) in [5, 5.41) is 0. The van der Waals surface area contributed by atoms with Gasteiger partial charge in [0.2, 0.25) is 0 Å². The van der Waals surface area contributed by atoms with Gasteiger partial charge in [0.1, 0.15) is 0 Å². The fourth-order valence-electron chi connectivity index (χ4n) is 4.20. The van der Waals surface area contributed by atoms with Gasteiger partial charge < -0.3 is 18.9 Å². The van der Waals surface area contributed by atoms with Crippen LogP contribution in [-0.4, -0.2) is 43.9 Å². The molecule has 2 aromatic carbocycles.